The van der Waals surface area contributed by atoms with Crippen LogP contribution in [0.15, 0.2) is 146 Å². The number of anilines is 4. The van der Waals surface area contributed by atoms with Crippen LogP contribution >= 0.6 is 0 Å². The van der Waals surface area contributed by atoms with Gasteiger partial charge in [-0.1, -0.05) is 24.3 Å². The average molecular weight is 1040 g/mol. The standard InChI is InChI=1S/C27H23F3N2O6.C26H21F3N2O6/c28-27(29,30)20-7-5-18(6-8-20)26(35)38-23-9-2-17(3-10-23)4-11-24(33)36-12-1-13-37-25(34)19-14-21(31)16-22(32)15-19;27-26(28,29)19-6-4-17(5-7-19)25(34)37-22-8-1-16(2-9-22)3-10-23(32)35-11-12-36-24(33)18-13-20(30)15-21(31)14-18/h2-11,14-16H,1,12-13,31-32H2;1-10,13-15H,11-12,30-31H2/b11-4+;10-3+. The fourth-order valence-corrected chi connectivity index (χ4v) is 6.07. The highest BCUT2D eigenvalue weighted by atomic mass is 19.4. The van der Waals surface area contributed by atoms with Crippen molar-refractivity contribution in [1.29, 1.82) is 0 Å². The molecule has 6 aromatic carbocycles. The number of rotatable bonds is 17. The average Bonchev–Trinajstić information content (AvgIpc) is 3.36. The van der Waals surface area contributed by atoms with Crippen LogP contribution in [0.5, 0.6) is 11.5 Å². The summed E-state index contributed by atoms with van der Waals surface area (Å²) in [5.41, 5.74) is 23.6. The molecule has 16 nitrogen and oxygen atoms in total. The van der Waals surface area contributed by atoms with Gasteiger partial charge in [0.05, 0.1) is 46.6 Å². The van der Waals surface area contributed by atoms with Gasteiger partial charge < -0.3 is 51.4 Å². The maximum Gasteiger partial charge on any atom is 0.416 e. The van der Waals surface area contributed by atoms with Crippen molar-refractivity contribution in [1.82, 2.24) is 0 Å². The van der Waals surface area contributed by atoms with Crippen molar-refractivity contribution in [2.24, 2.45) is 0 Å². The Bertz CT molecular complexity index is 2990. The largest absolute Gasteiger partial charge is 0.462 e. The molecular weight excluding hydrogens is 999 g/mol. The number of alkyl halides is 6. The second-order valence-corrected chi connectivity index (χ2v) is 15.5. The first-order valence-corrected chi connectivity index (χ1v) is 21.9. The Morgan fingerprint density at radius 1 is 0.387 bits per heavy atom. The summed E-state index contributed by atoms with van der Waals surface area (Å²) < 4.78 is 106. The van der Waals surface area contributed by atoms with Crippen LogP contribution in [0.25, 0.3) is 12.2 Å². The number of hydrogen-bond donors (Lipinski definition) is 4. The van der Waals surface area contributed by atoms with Crippen LogP contribution in [0.1, 0.15) is 70.1 Å². The summed E-state index contributed by atoms with van der Waals surface area (Å²) in [5.74, 6) is -3.85. The Morgan fingerprint density at radius 3 is 1.07 bits per heavy atom. The molecule has 8 N–H and O–H groups in total. The monoisotopic (exact) mass is 1040 g/mol. The van der Waals surface area contributed by atoms with E-state index in [-0.39, 0.29) is 66.6 Å². The summed E-state index contributed by atoms with van der Waals surface area (Å²) in [6, 6.07) is 28.1. The van der Waals surface area contributed by atoms with E-state index in [0.717, 1.165) is 54.6 Å². The van der Waals surface area contributed by atoms with Crippen molar-refractivity contribution in [2.75, 3.05) is 49.4 Å². The van der Waals surface area contributed by atoms with E-state index in [9.17, 15) is 55.1 Å². The van der Waals surface area contributed by atoms with Crippen molar-refractivity contribution < 1.29 is 83.5 Å². The molecule has 0 aliphatic rings. The number of halogens is 6. The second kappa shape index (κ2) is 26.2. The van der Waals surface area contributed by atoms with Gasteiger partial charge in [0.25, 0.3) is 0 Å². The maximum atomic E-state index is 12.6. The van der Waals surface area contributed by atoms with Gasteiger partial charge in [-0.3, -0.25) is 0 Å². The van der Waals surface area contributed by atoms with Crippen LogP contribution in [0.4, 0.5) is 49.1 Å². The zero-order chi connectivity index (χ0) is 54.7. The molecule has 0 amide bonds. The van der Waals surface area contributed by atoms with Crippen LogP contribution in [0, 0.1) is 0 Å². The first-order chi connectivity index (χ1) is 35.5. The maximum absolute atomic E-state index is 12.6. The lowest BCUT2D eigenvalue weighted by Crippen LogP contribution is -2.13. The van der Waals surface area contributed by atoms with Gasteiger partial charge in [0.1, 0.15) is 24.7 Å². The molecule has 0 bridgehead atoms. The Morgan fingerprint density at radius 2 is 0.707 bits per heavy atom. The van der Waals surface area contributed by atoms with Crippen LogP contribution in [0.2, 0.25) is 0 Å². The summed E-state index contributed by atoms with van der Waals surface area (Å²) in [5, 5.41) is 0. The predicted octanol–water partition coefficient (Wildman–Crippen LogP) is 9.39. The summed E-state index contributed by atoms with van der Waals surface area (Å²) >= 11 is 0. The van der Waals surface area contributed by atoms with E-state index in [2.05, 4.69) is 0 Å². The summed E-state index contributed by atoms with van der Waals surface area (Å²) in [6.07, 6.45) is -3.44. The summed E-state index contributed by atoms with van der Waals surface area (Å²) in [7, 11) is 0. The molecule has 0 atom stereocenters. The van der Waals surface area contributed by atoms with E-state index in [1.54, 1.807) is 24.3 Å². The molecule has 0 saturated carbocycles. The molecule has 0 fully saturated rings. The highest BCUT2D eigenvalue weighted by molar-refractivity contribution is 5.94. The lowest BCUT2D eigenvalue weighted by molar-refractivity contribution is -0.139. The van der Waals surface area contributed by atoms with Gasteiger partial charge in [0.15, 0.2) is 0 Å². The molecule has 0 heterocycles. The van der Waals surface area contributed by atoms with E-state index in [1.807, 2.05) is 0 Å². The lowest BCUT2D eigenvalue weighted by atomic mass is 10.1. The van der Waals surface area contributed by atoms with Crippen LogP contribution in [-0.4, -0.2) is 62.2 Å². The van der Waals surface area contributed by atoms with E-state index in [0.29, 0.717) is 33.9 Å². The molecule has 0 radical (unpaired) electrons. The second-order valence-electron chi connectivity index (χ2n) is 15.5. The molecule has 0 unspecified atom stereocenters. The number of nitrogen functional groups attached to an aromatic ring is 4. The van der Waals surface area contributed by atoms with E-state index >= 15 is 0 Å². The Hall–Kier alpha value is -9.60. The van der Waals surface area contributed by atoms with Crippen molar-refractivity contribution >= 4 is 70.7 Å². The van der Waals surface area contributed by atoms with Crippen molar-refractivity contribution in [3.05, 3.63) is 190 Å². The minimum Gasteiger partial charge on any atom is -0.462 e. The molecule has 390 valence electrons. The first kappa shape index (κ1) is 56.3. The zero-order valence-electron chi connectivity index (χ0n) is 39.0. The fourth-order valence-electron chi connectivity index (χ4n) is 6.07. The smallest absolute Gasteiger partial charge is 0.416 e. The van der Waals surface area contributed by atoms with Gasteiger partial charge in [-0.05, 0) is 132 Å². The Balaban J connectivity index is 0.000000277. The third kappa shape index (κ3) is 18.8. The number of carbonyl (C=O) groups excluding carboxylic acids is 6. The van der Waals surface area contributed by atoms with Crippen LogP contribution < -0.4 is 32.4 Å². The Kier molecular flexibility index (Phi) is 19.7. The zero-order valence-corrected chi connectivity index (χ0v) is 39.0. The number of carbonyl (C=O) groups is 6. The summed E-state index contributed by atoms with van der Waals surface area (Å²) in [4.78, 5) is 72.0. The van der Waals surface area contributed by atoms with E-state index in [1.165, 1.54) is 78.9 Å². The van der Waals surface area contributed by atoms with Crippen molar-refractivity contribution in [3.8, 4) is 11.5 Å². The number of esters is 6. The highest BCUT2D eigenvalue weighted by Gasteiger charge is 2.31. The molecule has 0 aromatic heterocycles. The van der Waals surface area contributed by atoms with Gasteiger partial charge in [-0.15, -0.1) is 0 Å². The number of benzene rings is 6. The molecule has 0 aliphatic carbocycles. The fraction of sp³-hybridized carbons (Fsp3) is 0.132. The quantitative estimate of drug-likeness (QED) is 0.0126. The predicted molar refractivity (Wildman–Crippen MR) is 261 cm³/mol. The molecular formula is C53H44F6N4O12. The minimum atomic E-state index is -4.50. The summed E-state index contributed by atoms with van der Waals surface area (Å²) in [6.45, 7) is -0.302. The number of hydrogen-bond acceptors (Lipinski definition) is 16. The Labute approximate surface area is 423 Å². The molecule has 0 spiro atoms. The molecule has 22 heteroatoms. The van der Waals surface area contributed by atoms with Gasteiger partial charge >= 0.3 is 48.2 Å². The SMILES string of the molecule is Nc1cc(N)cc(C(=O)OCCCOC(=O)/C=C/c2ccc(OC(=O)c3ccc(C(F)(F)F)cc3)cc2)c1.Nc1cc(N)cc(C(=O)OCCOC(=O)/C=C/c2ccc(OC(=O)c3ccc(C(F)(F)F)cc3)cc2)c1. The van der Waals surface area contributed by atoms with Crippen molar-refractivity contribution in [2.45, 2.75) is 18.8 Å². The van der Waals surface area contributed by atoms with E-state index < -0.39 is 59.3 Å². The topological polar surface area (TPSA) is 262 Å². The normalized spacial score (nSPS) is 11.2. The third-order valence-corrected chi connectivity index (χ3v) is 9.65. The number of nitrogens with two attached hydrogens (primary N) is 4. The molecule has 75 heavy (non-hydrogen) atoms. The first-order valence-electron chi connectivity index (χ1n) is 21.9. The molecule has 0 aliphatic heterocycles. The van der Waals surface area contributed by atoms with Gasteiger partial charge in [0, 0.05) is 41.3 Å². The number of ether oxygens (including phenoxy) is 6. The third-order valence-electron chi connectivity index (χ3n) is 9.65. The van der Waals surface area contributed by atoms with E-state index in [4.69, 9.17) is 51.4 Å². The van der Waals surface area contributed by atoms with Crippen molar-refractivity contribution in [3.63, 3.8) is 0 Å². The van der Waals surface area contributed by atoms with Crippen LogP contribution in [0.3, 0.4) is 0 Å². The van der Waals surface area contributed by atoms with Gasteiger partial charge in [-0.25, -0.2) is 28.8 Å². The minimum absolute atomic E-state index is 0.0222. The lowest BCUT2D eigenvalue weighted by Gasteiger charge is -2.08. The molecule has 0 saturated heterocycles. The van der Waals surface area contributed by atoms with Gasteiger partial charge in [-0.2, -0.15) is 26.3 Å². The molecule has 6 aromatic rings. The molecule has 6 rings (SSSR count). The van der Waals surface area contributed by atoms with Gasteiger partial charge in [0.2, 0.25) is 0 Å². The highest BCUT2D eigenvalue weighted by Crippen LogP contribution is 2.30. The van der Waals surface area contributed by atoms with Crippen LogP contribution in [-0.2, 0) is 40.9 Å².